The van der Waals surface area contributed by atoms with Gasteiger partial charge in [0.25, 0.3) is 0 Å². The summed E-state index contributed by atoms with van der Waals surface area (Å²) in [6.45, 7) is 0. The van der Waals surface area contributed by atoms with E-state index in [1.165, 1.54) is 69.6 Å². The number of aromatic nitrogens is 2. The summed E-state index contributed by atoms with van der Waals surface area (Å²) < 4.78 is 13.9. The van der Waals surface area contributed by atoms with Crippen molar-refractivity contribution < 1.29 is 4.42 Å². The van der Waals surface area contributed by atoms with Gasteiger partial charge in [0, 0.05) is 53.1 Å². The van der Waals surface area contributed by atoms with Crippen molar-refractivity contribution in [2.24, 2.45) is 0 Å². The predicted octanol–water partition coefficient (Wildman–Crippen LogP) is 14.3. The lowest BCUT2D eigenvalue weighted by Gasteiger charge is -2.11. The van der Waals surface area contributed by atoms with E-state index in [0.717, 1.165) is 39.0 Å². The van der Waals surface area contributed by atoms with Crippen LogP contribution >= 0.6 is 11.3 Å². The van der Waals surface area contributed by atoms with Gasteiger partial charge in [-0.05, 0) is 89.0 Å². The van der Waals surface area contributed by atoms with Crippen LogP contribution in [0.4, 0.5) is 0 Å². The van der Waals surface area contributed by atoms with Gasteiger partial charge in [0.2, 0.25) is 5.71 Å². The van der Waals surface area contributed by atoms with Crippen LogP contribution in [0.2, 0.25) is 0 Å². The van der Waals surface area contributed by atoms with Crippen LogP contribution in [-0.2, 0) is 0 Å². The summed E-state index contributed by atoms with van der Waals surface area (Å²) in [5.74, 6) is 0. The molecule has 252 valence electrons. The normalized spacial score (nSPS) is 12.1. The van der Waals surface area contributed by atoms with Gasteiger partial charge in [-0.1, -0.05) is 115 Å². The van der Waals surface area contributed by atoms with E-state index in [2.05, 4.69) is 185 Å². The number of thiophene rings is 1. The van der Waals surface area contributed by atoms with Crippen molar-refractivity contribution >= 4 is 86.3 Å². The van der Waals surface area contributed by atoms with Crippen molar-refractivity contribution in [1.29, 1.82) is 0 Å². The highest BCUT2D eigenvalue weighted by molar-refractivity contribution is 7.25. The molecule has 12 aromatic rings. The van der Waals surface area contributed by atoms with E-state index in [1.807, 2.05) is 17.4 Å². The molecule has 0 amide bonds. The Morgan fingerprint density at radius 1 is 0.370 bits per heavy atom. The number of para-hydroxylation sites is 3. The second kappa shape index (κ2) is 11.3. The zero-order valence-electron chi connectivity index (χ0n) is 29.0. The van der Waals surface area contributed by atoms with Gasteiger partial charge in [-0.25, -0.2) is 0 Å². The first-order chi connectivity index (χ1) is 26.8. The first-order valence-electron chi connectivity index (χ1n) is 18.3. The van der Waals surface area contributed by atoms with Crippen molar-refractivity contribution in [1.82, 2.24) is 9.13 Å². The average Bonchev–Trinajstić information content (AvgIpc) is 3.98. The van der Waals surface area contributed by atoms with Crippen LogP contribution in [0.25, 0.3) is 109 Å². The molecular formula is C50H30N2OS. The summed E-state index contributed by atoms with van der Waals surface area (Å²) in [6.07, 6.45) is 0. The molecule has 0 saturated heterocycles. The van der Waals surface area contributed by atoms with Crippen molar-refractivity contribution in [3.8, 4) is 33.6 Å². The first-order valence-corrected chi connectivity index (χ1v) is 19.2. The molecular weight excluding hydrogens is 677 g/mol. The quantitative estimate of drug-likeness (QED) is 0.179. The van der Waals surface area contributed by atoms with E-state index >= 15 is 0 Å². The number of fused-ring (bicyclic) bond motifs is 11. The van der Waals surface area contributed by atoms with Crippen molar-refractivity contribution in [3.63, 3.8) is 0 Å². The highest BCUT2D eigenvalue weighted by atomic mass is 32.1. The van der Waals surface area contributed by atoms with Crippen LogP contribution in [0.3, 0.4) is 0 Å². The second-order valence-electron chi connectivity index (χ2n) is 14.1. The molecule has 0 aliphatic heterocycles. The molecule has 8 aromatic carbocycles. The molecule has 0 bridgehead atoms. The first kappa shape index (κ1) is 29.7. The zero-order valence-corrected chi connectivity index (χ0v) is 29.8. The fraction of sp³-hybridized carbons (Fsp3) is 0. The third kappa shape index (κ3) is 4.17. The van der Waals surface area contributed by atoms with Crippen LogP contribution < -0.4 is 0 Å². The Bertz CT molecular complexity index is 3430. The van der Waals surface area contributed by atoms with Crippen molar-refractivity contribution in [2.45, 2.75) is 0 Å². The van der Waals surface area contributed by atoms with Gasteiger partial charge >= 0.3 is 0 Å². The van der Waals surface area contributed by atoms with Crippen LogP contribution in [0.5, 0.6) is 0 Å². The molecule has 0 fully saturated rings. The fourth-order valence-corrected chi connectivity index (χ4v) is 9.96. The smallest absolute Gasteiger partial charge is 0.213 e. The van der Waals surface area contributed by atoms with Gasteiger partial charge in [-0.15, -0.1) is 11.3 Å². The molecule has 0 atom stereocenters. The van der Waals surface area contributed by atoms with Gasteiger partial charge in [0.1, 0.15) is 5.58 Å². The number of nitrogens with zero attached hydrogens (tertiary/aromatic N) is 2. The summed E-state index contributed by atoms with van der Waals surface area (Å²) in [6, 6.07) is 65.8. The Balaban J connectivity index is 1.03. The Morgan fingerprint density at radius 2 is 1.00 bits per heavy atom. The van der Waals surface area contributed by atoms with E-state index < -0.39 is 0 Å². The Labute approximate surface area is 314 Å². The molecule has 0 spiro atoms. The summed E-state index contributed by atoms with van der Waals surface area (Å²) in [7, 11) is 0. The van der Waals surface area contributed by atoms with E-state index in [0.29, 0.717) is 0 Å². The number of rotatable bonds is 4. The summed E-state index contributed by atoms with van der Waals surface area (Å²) in [5, 5.41) is 8.65. The number of hydrogen-bond donors (Lipinski definition) is 0. The van der Waals surface area contributed by atoms with E-state index in [4.69, 9.17) is 4.42 Å². The maximum Gasteiger partial charge on any atom is 0.213 e. The standard InChI is InChI=1S/C50H30N2OS/c1-2-12-33(13-3-1)52-43-20-10-17-35(48(43)49-38-15-5-8-21-44(38)53-50(49)52)31-24-27-34(28-25-31)51-41-19-7-4-14-37(41)40-30-32(26-29-42(40)51)36-18-11-23-46-47(36)39-16-6-9-22-45(39)54-46/h1-30H. The molecule has 0 radical (unpaired) electrons. The monoisotopic (exact) mass is 706 g/mol. The van der Waals surface area contributed by atoms with Crippen LogP contribution in [0, 0.1) is 0 Å². The molecule has 0 N–H and O–H groups in total. The van der Waals surface area contributed by atoms with E-state index in [1.54, 1.807) is 0 Å². The molecule has 12 rings (SSSR count). The maximum atomic E-state index is 6.60. The molecule has 0 aliphatic carbocycles. The Kier molecular flexibility index (Phi) is 6.21. The van der Waals surface area contributed by atoms with E-state index in [9.17, 15) is 0 Å². The third-order valence-corrected chi connectivity index (χ3v) is 12.3. The minimum atomic E-state index is 0.870. The second-order valence-corrected chi connectivity index (χ2v) is 15.1. The topological polar surface area (TPSA) is 23.0 Å². The Hall–Kier alpha value is -6.88. The van der Waals surface area contributed by atoms with Crippen LogP contribution in [0.15, 0.2) is 186 Å². The molecule has 3 nitrogen and oxygen atoms in total. The number of hydrogen-bond acceptors (Lipinski definition) is 2. The molecule has 0 aliphatic rings. The lowest BCUT2D eigenvalue weighted by atomic mass is 9.98. The SMILES string of the molecule is c1ccc(-n2c3cccc(-c4ccc(-n5c6ccccc6c6cc(-c7cccc8sc9ccccc9c78)ccc65)cc4)c3c3c4ccccc4oc32)cc1. The minimum Gasteiger partial charge on any atom is -0.439 e. The fourth-order valence-electron chi connectivity index (χ4n) is 8.83. The number of furan rings is 1. The van der Waals surface area contributed by atoms with Crippen LogP contribution in [0.1, 0.15) is 0 Å². The molecule has 0 saturated carbocycles. The van der Waals surface area contributed by atoms with Gasteiger partial charge < -0.3 is 8.98 Å². The molecule has 4 heteroatoms. The summed E-state index contributed by atoms with van der Waals surface area (Å²) >= 11 is 1.87. The van der Waals surface area contributed by atoms with Gasteiger partial charge in [-0.2, -0.15) is 0 Å². The largest absolute Gasteiger partial charge is 0.439 e. The van der Waals surface area contributed by atoms with Gasteiger partial charge in [0.05, 0.1) is 21.9 Å². The summed E-state index contributed by atoms with van der Waals surface area (Å²) in [5.41, 5.74) is 12.4. The number of benzene rings is 8. The highest BCUT2D eigenvalue weighted by Gasteiger charge is 2.22. The summed E-state index contributed by atoms with van der Waals surface area (Å²) in [4.78, 5) is 0. The van der Waals surface area contributed by atoms with Gasteiger partial charge in [0.15, 0.2) is 0 Å². The zero-order chi connectivity index (χ0) is 35.3. The molecule has 4 aromatic heterocycles. The van der Waals surface area contributed by atoms with Crippen molar-refractivity contribution in [3.05, 3.63) is 182 Å². The maximum absolute atomic E-state index is 6.60. The Morgan fingerprint density at radius 3 is 1.87 bits per heavy atom. The highest BCUT2D eigenvalue weighted by Crippen LogP contribution is 2.45. The molecule has 4 heterocycles. The lowest BCUT2D eigenvalue weighted by Crippen LogP contribution is -1.94. The third-order valence-electron chi connectivity index (χ3n) is 11.2. The average molecular weight is 707 g/mol. The minimum absolute atomic E-state index is 0.870. The lowest BCUT2D eigenvalue weighted by molar-refractivity contribution is 0.645. The van der Waals surface area contributed by atoms with E-state index in [-0.39, 0.29) is 0 Å². The van der Waals surface area contributed by atoms with Gasteiger partial charge in [-0.3, -0.25) is 4.57 Å². The van der Waals surface area contributed by atoms with Crippen LogP contribution in [-0.4, -0.2) is 9.13 Å². The predicted molar refractivity (Wildman–Crippen MR) is 229 cm³/mol. The van der Waals surface area contributed by atoms with Crippen molar-refractivity contribution in [2.75, 3.05) is 0 Å². The molecule has 0 unspecified atom stereocenters. The molecule has 54 heavy (non-hydrogen) atoms.